The minimum atomic E-state index is 0.423. The Morgan fingerprint density at radius 3 is 2.94 bits per heavy atom. The van der Waals surface area contributed by atoms with Crippen LogP contribution in [0.3, 0.4) is 0 Å². The molecule has 2 heteroatoms. The molecule has 1 aromatic carbocycles. The Bertz CT molecular complexity index is 576. The normalized spacial score (nSPS) is 20.2. The maximum Gasteiger partial charge on any atom is 0.133 e. The van der Waals surface area contributed by atoms with Gasteiger partial charge in [-0.2, -0.15) is 0 Å². The van der Waals surface area contributed by atoms with Gasteiger partial charge in [-0.3, -0.25) is 9.78 Å². The molecule has 0 radical (unpaired) electrons. The van der Waals surface area contributed by atoms with Crippen molar-refractivity contribution in [2.45, 2.75) is 32.1 Å². The summed E-state index contributed by atoms with van der Waals surface area (Å²) in [5, 5.41) is 1.18. The molecule has 18 heavy (non-hydrogen) atoms. The molecule has 92 valence electrons. The first kappa shape index (κ1) is 11.4. The van der Waals surface area contributed by atoms with Crippen LogP contribution in [0.4, 0.5) is 0 Å². The Kier molecular flexibility index (Phi) is 3.09. The molecular weight excluding hydrogens is 222 g/mol. The number of carbonyl (C=O) groups is 1. The predicted octanol–water partition coefficient (Wildman–Crippen LogP) is 3.54. The van der Waals surface area contributed by atoms with Crippen LogP contribution in [0, 0.1) is 5.92 Å². The summed E-state index contributed by atoms with van der Waals surface area (Å²) in [6.45, 7) is 0. The van der Waals surface area contributed by atoms with Crippen molar-refractivity contribution in [3.8, 4) is 0 Å². The molecule has 1 aliphatic rings. The first-order chi connectivity index (χ1) is 8.81. The lowest BCUT2D eigenvalue weighted by molar-refractivity contribution is -0.121. The number of carbonyl (C=O) groups excluding carboxylic acids is 1. The number of benzene rings is 1. The van der Waals surface area contributed by atoms with Gasteiger partial charge < -0.3 is 0 Å². The summed E-state index contributed by atoms with van der Waals surface area (Å²) in [6.07, 6.45) is 4.68. The van der Waals surface area contributed by atoms with Gasteiger partial charge in [-0.1, -0.05) is 24.3 Å². The molecule has 0 bridgehead atoms. The predicted molar refractivity (Wildman–Crippen MR) is 72.4 cm³/mol. The Balaban J connectivity index is 1.79. The highest BCUT2D eigenvalue weighted by Gasteiger charge is 2.20. The first-order valence-electron chi connectivity index (χ1n) is 6.67. The number of para-hydroxylation sites is 1. The minimum absolute atomic E-state index is 0.423. The van der Waals surface area contributed by atoms with E-state index in [4.69, 9.17) is 0 Å². The summed E-state index contributed by atoms with van der Waals surface area (Å²) >= 11 is 0. The summed E-state index contributed by atoms with van der Waals surface area (Å²) in [6, 6.07) is 12.4. The Labute approximate surface area is 107 Å². The molecule has 0 aliphatic heterocycles. The van der Waals surface area contributed by atoms with Crippen molar-refractivity contribution in [3.05, 3.63) is 42.1 Å². The molecule has 0 N–H and O–H groups in total. The molecule has 3 rings (SSSR count). The second-order valence-electron chi connectivity index (χ2n) is 5.20. The molecule has 2 aromatic rings. The third kappa shape index (κ3) is 2.42. The van der Waals surface area contributed by atoms with Crippen LogP contribution in [-0.2, 0) is 11.2 Å². The van der Waals surface area contributed by atoms with Gasteiger partial charge in [0, 0.05) is 23.9 Å². The van der Waals surface area contributed by atoms with Gasteiger partial charge in [0.2, 0.25) is 0 Å². The fraction of sp³-hybridized carbons (Fsp3) is 0.375. The van der Waals surface area contributed by atoms with E-state index in [2.05, 4.69) is 23.2 Å². The van der Waals surface area contributed by atoms with E-state index in [1.807, 2.05) is 18.2 Å². The van der Waals surface area contributed by atoms with Gasteiger partial charge in [0.05, 0.1) is 5.52 Å². The van der Waals surface area contributed by atoms with E-state index < -0.39 is 0 Å². The molecule has 1 heterocycles. The lowest BCUT2D eigenvalue weighted by Gasteiger charge is -2.20. The quantitative estimate of drug-likeness (QED) is 0.802. The summed E-state index contributed by atoms with van der Waals surface area (Å²) < 4.78 is 0. The van der Waals surface area contributed by atoms with E-state index in [-0.39, 0.29) is 0 Å². The van der Waals surface area contributed by atoms with Crippen LogP contribution in [0.25, 0.3) is 10.9 Å². The second kappa shape index (κ2) is 4.89. The lowest BCUT2D eigenvalue weighted by Crippen LogP contribution is -2.17. The van der Waals surface area contributed by atoms with Crippen LogP contribution in [0.1, 0.15) is 31.4 Å². The SMILES string of the molecule is O=C1CCCC(Cc2ccc3ccccc3n2)C1. The Morgan fingerprint density at radius 1 is 1.17 bits per heavy atom. The zero-order valence-corrected chi connectivity index (χ0v) is 10.4. The van der Waals surface area contributed by atoms with Crippen molar-refractivity contribution < 1.29 is 4.79 Å². The molecule has 1 aromatic heterocycles. The van der Waals surface area contributed by atoms with Crippen LogP contribution < -0.4 is 0 Å². The monoisotopic (exact) mass is 239 g/mol. The maximum absolute atomic E-state index is 11.5. The van der Waals surface area contributed by atoms with E-state index in [0.29, 0.717) is 11.7 Å². The average molecular weight is 239 g/mol. The van der Waals surface area contributed by atoms with Crippen molar-refractivity contribution in [1.82, 2.24) is 4.98 Å². The number of hydrogen-bond acceptors (Lipinski definition) is 2. The molecule has 1 saturated carbocycles. The zero-order valence-electron chi connectivity index (χ0n) is 10.4. The van der Waals surface area contributed by atoms with Gasteiger partial charge in [-0.05, 0) is 37.3 Å². The number of aromatic nitrogens is 1. The van der Waals surface area contributed by atoms with Crippen molar-refractivity contribution in [2.75, 3.05) is 0 Å². The van der Waals surface area contributed by atoms with Crippen LogP contribution >= 0.6 is 0 Å². The smallest absolute Gasteiger partial charge is 0.133 e. The maximum atomic E-state index is 11.5. The summed E-state index contributed by atoms with van der Waals surface area (Å²) in [7, 11) is 0. The third-order valence-electron chi connectivity index (χ3n) is 3.74. The van der Waals surface area contributed by atoms with E-state index in [0.717, 1.165) is 36.9 Å². The third-order valence-corrected chi connectivity index (χ3v) is 3.74. The van der Waals surface area contributed by atoms with Gasteiger partial charge in [0.25, 0.3) is 0 Å². The van der Waals surface area contributed by atoms with Crippen LogP contribution in [0.2, 0.25) is 0 Å². The highest BCUT2D eigenvalue weighted by Crippen LogP contribution is 2.25. The van der Waals surface area contributed by atoms with Gasteiger partial charge in [-0.25, -0.2) is 0 Å². The lowest BCUT2D eigenvalue weighted by atomic mass is 9.85. The molecule has 0 spiro atoms. The van der Waals surface area contributed by atoms with Gasteiger partial charge in [0.1, 0.15) is 5.78 Å². The average Bonchev–Trinajstić information content (AvgIpc) is 2.39. The van der Waals surface area contributed by atoms with Gasteiger partial charge in [-0.15, -0.1) is 0 Å². The van der Waals surface area contributed by atoms with E-state index >= 15 is 0 Å². The largest absolute Gasteiger partial charge is 0.300 e. The van der Waals surface area contributed by atoms with E-state index in [9.17, 15) is 4.79 Å². The van der Waals surface area contributed by atoms with Crippen LogP contribution in [0.5, 0.6) is 0 Å². The Morgan fingerprint density at radius 2 is 2.06 bits per heavy atom. The molecule has 1 fully saturated rings. The topological polar surface area (TPSA) is 30.0 Å². The number of Topliss-reactive ketones (excluding diaryl/α,β-unsaturated/α-hetero) is 1. The zero-order chi connectivity index (χ0) is 12.4. The molecule has 1 aliphatic carbocycles. The molecule has 1 unspecified atom stereocenters. The molecular formula is C16H17NO. The van der Waals surface area contributed by atoms with Crippen LogP contribution in [-0.4, -0.2) is 10.8 Å². The highest BCUT2D eigenvalue weighted by atomic mass is 16.1. The number of fused-ring (bicyclic) bond motifs is 1. The fourth-order valence-electron chi connectivity index (χ4n) is 2.81. The molecule has 0 saturated heterocycles. The van der Waals surface area contributed by atoms with Crippen molar-refractivity contribution >= 4 is 16.7 Å². The van der Waals surface area contributed by atoms with Crippen molar-refractivity contribution in [1.29, 1.82) is 0 Å². The van der Waals surface area contributed by atoms with Crippen LogP contribution in [0.15, 0.2) is 36.4 Å². The minimum Gasteiger partial charge on any atom is -0.300 e. The van der Waals surface area contributed by atoms with Crippen molar-refractivity contribution in [2.24, 2.45) is 5.92 Å². The number of pyridine rings is 1. The van der Waals surface area contributed by atoms with Gasteiger partial charge in [0.15, 0.2) is 0 Å². The summed E-state index contributed by atoms with van der Waals surface area (Å²) in [4.78, 5) is 16.1. The summed E-state index contributed by atoms with van der Waals surface area (Å²) in [5.41, 5.74) is 2.17. The highest BCUT2D eigenvalue weighted by molar-refractivity contribution is 5.79. The molecule has 1 atom stereocenters. The Hall–Kier alpha value is -1.70. The summed E-state index contributed by atoms with van der Waals surface area (Å²) in [5.74, 6) is 0.923. The standard InChI is InChI=1S/C16H17NO/c18-15-6-3-4-12(11-15)10-14-9-8-13-5-1-2-7-16(13)17-14/h1-2,5,7-9,12H,3-4,6,10-11H2. The van der Waals surface area contributed by atoms with Gasteiger partial charge >= 0.3 is 0 Å². The number of hydrogen-bond donors (Lipinski definition) is 0. The number of ketones is 1. The van der Waals surface area contributed by atoms with Crippen molar-refractivity contribution in [3.63, 3.8) is 0 Å². The number of rotatable bonds is 2. The second-order valence-corrected chi connectivity index (χ2v) is 5.20. The van der Waals surface area contributed by atoms with E-state index in [1.165, 1.54) is 11.8 Å². The molecule has 2 nitrogen and oxygen atoms in total. The number of nitrogens with zero attached hydrogens (tertiary/aromatic N) is 1. The molecule has 0 amide bonds. The first-order valence-corrected chi connectivity index (χ1v) is 6.67. The fourth-order valence-corrected chi connectivity index (χ4v) is 2.81. The van der Waals surface area contributed by atoms with E-state index in [1.54, 1.807) is 0 Å².